The van der Waals surface area contributed by atoms with Crippen molar-refractivity contribution in [2.45, 2.75) is 13.0 Å². The molecule has 1 amide bonds. The van der Waals surface area contributed by atoms with Gasteiger partial charge in [-0.2, -0.15) is 10.1 Å². The fourth-order valence-corrected chi connectivity index (χ4v) is 1.75. The first kappa shape index (κ1) is 13.0. The molecule has 0 saturated heterocycles. The summed E-state index contributed by atoms with van der Waals surface area (Å²) in [5, 5.41) is 13.0. The number of aromatic amines is 1. The zero-order valence-corrected chi connectivity index (χ0v) is 11.1. The summed E-state index contributed by atoms with van der Waals surface area (Å²) in [5.41, 5.74) is 1.24. The van der Waals surface area contributed by atoms with Crippen LogP contribution in [0.3, 0.4) is 0 Å². The second-order valence-electron chi connectivity index (χ2n) is 4.37. The van der Waals surface area contributed by atoms with Crippen molar-refractivity contribution < 1.29 is 9.32 Å². The van der Waals surface area contributed by atoms with E-state index in [9.17, 15) is 4.79 Å². The van der Waals surface area contributed by atoms with Crippen LogP contribution in [0.25, 0.3) is 11.4 Å². The molecule has 106 valence electrons. The normalized spacial score (nSPS) is 12.0. The number of pyridine rings is 1. The second kappa shape index (κ2) is 5.53. The summed E-state index contributed by atoms with van der Waals surface area (Å²) in [5.74, 6) is 0.523. The Labute approximate surface area is 119 Å². The summed E-state index contributed by atoms with van der Waals surface area (Å²) < 4.78 is 5.18. The molecule has 0 aliphatic carbocycles. The van der Waals surface area contributed by atoms with Crippen molar-refractivity contribution in [1.29, 1.82) is 0 Å². The minimum absolute atomic E-state index is 0.264. The van der Waals surface area contributed by atoms with Crippen molar-refractivity contribution >= 4 is 5.91 Å². The molecule has 8 heteroatoms. The second-order valence-corrected chi connectivity index (χ2v) is 4.37. The van der Waals surface area contributed by atoms with Crippen LogP contribution in [0.15, 0.2) is 41.4 Å². The van der Waals surface area contributed by atoms with Gasteiger partial charge in [0.15, 0.2) is 0 Å². The average Bonchev–Trinajstić information content (AvgIpc) is 3.20. The molecule has 0 radical (unpaired) electrons. The minimum Gasteiger partial charge on any atom is -0.340 e. The first-order chi connectivity index (χ1) is 10.2. The molecule has 3 aromatic rings. The van der Waals surface area contributed by atoms with Crippen molar-refractivity contribution in [2.75, 3.05) is 0 Å². The quantitative estimate of drug-likeness (QED) is 0.748. The molecule has 0 fully saturated rings. The number of hydrogen-bond acceptors (Lipinski definition) is 6. The molecule has 0 saturated carbocycles. The van der Waals surface area contributed by atoms with Gasteiger partial charge in [0.2, 0.25) is 11.7 Å². The van der Waals surface area contributed by atoms with Crippen LogP contribution in [0.4, 0.5) is 0 Å². The van der Waals surface area contributed by atoms with E-state index in [1.165, 1.54) is 12.4 Å². The monoisotopic (exact) mass is 284 g/mol. The molecule has 0 aliphatic rings. The van der Waals surface area contributed by atoms with Crippen LogP contribution in [0, 0.1) is 0 Å². The Kier molecular flexibility index (Phi) is 3.42. The molecule has 21 heavy (non-hydrogen) atoms. The molecule has 8 nitrogen and oxygen atoms in total. The maximum atomic E-state index is 11.9. The third-order valence-electron chi connectivity index (χ3n) is 2.86. The maximum Gasteiger partial charge on any atom is 0.255 e. The Morgan fingerprint density at radius 3 is 2.90 bits per heavy atom. The lowest BCUT2D eigenvalue weighted by molar-refractivity contribution is 0.0932. The van der Waals surface area contributed by atoms with Gasteiger partial charge in [-0.15, -0.1) is 0 Å². The summed E-state index contributed by atoms with van der Waals surface area (Å²) in [6.07, 6.45) is 6.25. The maximum absolute atomic E-state index is 11.9. The van der Waals surface area contributed by atoms with E-state index < -0.39 is 6.04 Å². The summed E-state index contributed by atoms with van der Waals surface area (Å²) in [6, 6.07) is 3.16. The lowest BCUT2D eigenvalue weighted by Crippen LogP contribution is -2.26. The van der Waals surface area contributed by atoms with Crippen molar-refractivity contribution in [3.05, 3.63) is 48.4 Å². The molecular weight excluding hydrogens is 272 g/mol. The number of amides is 1. The highest BCUT2D eigenvalue weighted by atomic mass is 16.5. The fraction of sp³-hybridized carbons (Fsp3) is 0.154. The molecule has 3 rings (SSSR count). The van der Waals surface area contributed by atoms with Crippen LogP contribution in [0.1, 0.15) is 29.2 Å². The fourth-order valence-electron chi connectivity index (χ4n) is 1.75. The number of hydrogen-bond donors (Lipinski definition) is 2. The van der Waals surface area contributed by atoms with Crippen LogP contribution in [0.5, 0.6) is 0 Å². The van der Waals surface area contributed by atoms with Gasteiger partial charge in [-0.1, -0.05) is 5.16 Å². The first-order valence-corrected chi connectivity index (χ1v) is 6.27. The number of carbonyl (C=O) groups excluding carboxylic acids is 1. The van der Waals surface area contributed by atoms with E-state index in [0.29, 0.717) is 17.3 Å². The molecule has 0 unspecified atom stereocenters. The highest BCUT2D eigenvalue weighted by Gasteiger charge is 2.18. The third kappa shape index (κ3) is 2.78. The lowest BCUT2D eigenvalue weighted by atomic mass is 10.2. The van der Waals surface area contributed by atoms with Crippen molar-refractivity contribution in [2.24, 2.45) is 0 Å². The van der Waals surface area contributed by atoms with Gasteiger partial charge >= 0.3 is 0 Å². The molecule has 2 N–H and O–H groups in total. The Hall–Kier alpha value is -3.03. The van der Waals surface area contributed by atoms with E-state index in [1.54, 1.807) is 31.5 Å². The van der Waals surface area contributed by atoms with Crippen molar-refractivity contribution in [3.8, 4) is 11.4 Å². The Morgan fingerprint density at radius 1 is 1.38 bits per heavy atom. The molecule has 1 atom stereocenters. The van der Waals surface area contributed by atoms with Gasteiger partial charge in [0.1, 0.15) is 6.04 Å². The topological polar surface area (TPSA) is 110 Å². The smallest absolute Gasteiger partial charge is 0.255 e. The first-order valence-electron chi connectivity index (χ1n) is 6.27. The van der Waals surface area contributed by atoms with E-state index >= 15 is 0 Å². The van der Waals surface area contributed by atoms with Gasteiger partial charge in [0, 0.05) is 24.2 Å². The van der Waals surface area contributed by atoms with Crippen LogP contribution in [-0.2, 0) is 0 Å². The molecule has 3 aromatic heterocycles. The van der Waals surface area contributed by atoms with Gasteiger partial charge in [-0.25, -0.2) is 0 Å². The summed E-state index contributed by atoms with van der Waals surface area (Å²) in [6.45, 7) is 1.77. The zero-order valence-electron chi connectivity index (χ0n) is 11.1. The van der Waals surface area contributed by atoms with Crippen LogP contribution in [0.2, 0.25) is 0 Å². The Bertz CT molecular complexity index is 722. The number of H-pyrrole nitrogens is 1. The molecule has 0 bridgehead atoms. The van der Waals surface area contributed by atoms with Crippen LogP contribution >= 0.6 is 0 Å². The number of carbonyl (C=O) groups is 1. The molecule has 0 spiro atoms. The Balaban J connectivity index is 1.73. The minimum atomic E-state index is -0.407. The molecule has 0 aromatic carbocycles. The van der Waals surface area contributed by atoms with Gasteiger partial charge in [0.05, 0.1) is 11.8 Å². The van der Waals surface area contributed by atoms with E-state index in [-0.39, 0.29) is 5.91 Å². The predicted molar refractivity (Wildman–Crippen MR) is 72.0 cm³/mol. The molecule has 0 aliphatic heterocycles. The summed E-state index contributed by atoms with van der Waals surface area (Å²) >= 11 is 0. The molecular formula is C13H12N6O2. The number of nitrogens with zero attached hydrogens (tertiary/aromatic N) is 4. The van der Waals surface area contributed by atoms with Crippen molar-refractivity contribution in [3.63, 3.8) is 0 Å². The number of rotatable bonds is 4. The lowest BCUT2D eigenvalue weighted by Gasteiger charge is -2.07. The SMILES string of the molecule is C[C@@H](NC(=O)c1cn[nH]c1)c1nc(-c2ccncc2)no1. The predicted octanol–water partition coefficient (Wildman–Crippen LogP) is 1.35. The third-order valence-corrected chi connectivity index (χ3v) is 2.86. The number of nitrogens with one attached hydrogen (secondary N) is 2. The van der Waals surface area contributed by atoms with Gasteiger partial charge < -0.3 is 9.84 Å². The van der Waals surface area contributed by atoms with E-state index in [1.807, 2.05) is 0 Å². The average molecular weight is 284 g/mol. The van der Waals surface area contributed by atoms with Crippen molar-refractivity contribution in [1.82, 2.24) is 30.6 Å². The van der Waals surface area contributed by atoms with E-state index in [2.05, 4.69) is 30.6 Å². The van der Waals surface area contributed by atoms with E-state index in [4.69, 9.17) is 4.52 Å². The highest BCUT2D eigenvalue weighted by Crippen LogP contribution is 2.17. The highest BCUT2D eigenvalue weighted by molar-refractivity contribution is 5.93. The summed E-state index contributed by atoms with van der Waals surface area (Å²) in [4.78, 5) is 20.1. The van der Waals surface area contributed by atoms with Crippen LogP contribution < -0.4 is 5.32 Å². The standard InChI is InChI=1S/C13H12N6O2/c1-8(17-12(20)10-6-15-16-7-10)13-18-11(19-21-13)9-2-4-14-5-3-9/h2-8H,1H3,(H,15,16)(H,17,20)/t8-/m1/s1. The zero-order chi connectivity index (χ0) is 14.7. The Morgan fingerprint density at radius 2 is 2.19 bits per heavy atom. The number of aromatic nitrogens is 5. The van der Waals surface area contributed by atoms with Gasteiger partial charge in [0.25, 0.3) is 5.91 Å². The van der Waals surface area contributed by atoms with Gasteiger partial charge in [-0.05, 0) is 19.1 Å². The van der Waals surface area contributed by atoms with Gasteiger partial charge in [-0.3, -0.25) is 14.9 Å². The van der Waals surface area contributed by atoms with E-state index in [0.717, 1.165) is 5.56 Å². The molecule has 3 heterocycles. The largest absolute Gasteiger partial charge is 0.340 e. The van der Waals surface area contributed by atoms with Crippen LogP contribution in [-0.4, -0.2) is 31.2 Å². The summed E-state index contributed by atoms with van der Waals surface area (Å²) in [7, 11) is 0.